The van der Waals surface area contributed by atoms with Crippen molar-refractivity contribution >= 4 is 27.3 Å². The first-order chi connectivity index (χ1) is 11.9. The van der Waals surface area contributed by atoms with E-state index in [1.165, 1.54) is 17.2 Å². The molecule has 0 atom stereocenters. The maximum atomic E-state index is 12.6. The predicted molar refractivity (Wildman–Crippen MR) is 98.1 cm³/mol. The molecule has 0 spiro atoms. The minimum atomic E-state index is -3.88. The van der Waals surface area contributed by atoms with Crippen LogP contribution in [0.3, 0.4) is 0 Å². The van der Waals surface area contributed by atoms with Crippen molar-refractivity contribution in [3.8, 4) is 0 Å². The number of aryl methyl sites for hydroxylation is 1. The van der Waals surface area contributed by atoms with Crippen LogP contribution in [0, 0.1) is 6.92 Å². The molecule has 1 aliphatic rings. The van der Waals surface area contributed by atoms with Gasteiger partial charge < -0.3 is 4.90 Å². The third-order valence-corrected chi connectivity index (χ3v) is 6.43. The maximum Gasteiger partial charge on any atom is 0.265 e. The van der Waals surface area contributed by atoms with Crippen molar-refractivity contribution in [2.75, 3.05) is 26.2 Å². The highest BCUT2D eigenvalue weighted by Gasteiger charge is 2.27. The van der Waals surface area contributed by atoms with E-state index in [0.717, 1.165) is 31.0 Å². The van der Waals surface area contributed by atoms with Crippen LogP contribution in [0.15, 0.2) is 40.6 Å². The van der Waals surface area contributed by atoms with Gasteiger partial charge in [0.15, 0.2) is 0 Å². The summed E-state index contributed by atoms with van der Waals surface area (Å²) in [5, 5.41) is 6.78. The summed E-state index contributed by atoms with van der Waals surface area (Å²) in [4.78, 5) is 16.8. The predicted octanol–water partition coefficient (Wildman–Crippen LogP) is 1.66. The number of piperazine rings is 1. The summed E-state index contributed by atoms with van der Waals surface area (Å²) in [5.41, 5.74) is 2.55. The lowest BCUT2D eigenvalue weighted by molar-refractivity contribution is 0.0629. The van der Waals surface area contributed by atoms with E-state index in [9.17, 15) is 13.2 Å². The van der Waals surface area contributed by atoms with Gasteiger partial charge in [0.2, 0.25) is 10.0 Å². The molecule has 2 heterocycles. The first kappa shape index (κ1) is 18.1. The number of nitrogens with two attached hydrogens (primary N) is 1. The van der Waals surface area contributed by atoms with Crippen molar-refractivity contribution in [1.82, 2.24) is 9.80 Å². The molecule has 1 aliphatic heterocycles. The van der Waals surface area contributed by atoms with Gasteiger partial charge in [0.05, 0.1) is 0 Å². The van der Waals surface area contributed by atoms with Gasteiger partial charge in [-0.2, -0.15) is 0 Å². The van der Waals surface area contributed by atoms with Crippen molar-refractivity contribution < 1.29 is 13.2 Å². The van der Waals surface area contributed by atoms with Crippen LogP contribution in [0.25, 0.3) is 0 Å². The molecule has 0 radical (unpaired) electrons. The van der Waals surface area contributed by atoms with Crippen molar-refractivity contribution in [3.63, 3.8) is 0 Å². The van der Waals surface area contributed by atoms with Crippen LogP contribution < -0.4 is 5.14 Å². The van der Waals surface area contributed by atoms with Crippen LogP contribution in [0.1, 0.15) is 20.8 Å². The van der Waals surface area contributed by atoms with Crippen LogP contribution in [-0.2, 0) is 16.6 Å². The quantitative estimate of drug-likeness (QED) is 0.876. The van der Waals surface area contributed by atoms with E-state index in [0.29, 0.717) is 13.1 Å². The van der Waals surface area contributed by atoms with Gasteiger partial charge in [-0.3, -0.25) is 9.69 Å². The minimum absolute atomic E-state index is 0.0789. The van der Waals surface area contributed by atoms with Crippen LogP contribution >= 0.6 is 11.3 Å². The van der Waals surface area contributed by atoms with E-state index in [-0.39, 0.29) is 15.7 Å². The Bertz CT molecular complexity index is 869. The van der Waals surface area contributed by atoms with Crippen molar-refractivity contribution in [3.05, 3.63) is 51.7 Å². The second-order valence-electron chi connectivity index (χ2n) is 6.15. The van der Waals surface area contributed by atoms with Crippen LogP contribution in [0.5, 0.6) is 0 Å². The van der Waals surface area contributed by atoms with Crippen LogP contribution in [0.4, 0.5) is 0 Å². The fourth-order valence-corrected chi connectivity index (χ4v) is 4.90. The number of amides is 1. The van der Waals surface area contributed by atoms with Gasteiger partial charge in [0, 0.05) is 32.7 Å². The molecular formula is C17H21N3O3S2. The highest BCUT2D eigenvalue weighted by molar-refractivity contribution is 7.89. The third-order valence-electron chi connectivity index (χ3n) is 4.44. The number of thiophene rings is 1. The maximum absolute atomic E-state index is 12.6. The Morgan fingerprint density at radius 1 is 1.16 bits per heavy atom. The number of hydrogen-bond donors (Lipinski definition) is 1. The standard InChI is InChI=1S/C17H21N3O3S2/c1-13-4-2-3-5-14(13)12-19-7-9-20(10-8-19)17(21)16-15(6-11-24-16)25(18,22)23/h2-6,11H,7-10,12H2,1H3,(H2,18,22,23). The molecule has 134 valence electrons. The SMILES string of the molecule is Cc1ccccc1CN1CCN(C(=O)c2sccc2S(N)(=O)=O)CC1. The summed E-state index contributed by atoms with van der Waals surface area (Å²) in [6, 6.07) is 9.67. The van der Waals surface area contributed by atoms with E-state index in [2.05, 4.69) is 24.0 Å². The van der Waals surface area contributed by atoms with Crippen LogP contribution in [0.2, 0.25) is 0 Å². The van der Waals surface area contributed by atoms with E-state index in [1.54, 1.807) is 10.3 Å². The minimum Gasteiger partial charge on any atom is -0.335 e. The number of primary sulfonamides is 1. The van der Waals surface area contributed by atoms with Gasteiger partial charge >= 0.3 is 0 Å². The number of nitrogens with zero attached hydrogens (tertiary/aromatic N) is 2. The largest absolute Gasteiger partial charge is 0.335 e. The molecule has 0 saturated carbocycles. The lowest BCUT2D eigenvalue weighted by Crippen LogP contribution is -2.48. The second-order valence-corrected chi connectivity index (χ2v) is 8.60. The van der Waals surface area contributed by atoms with Crippen molar-refractivity contribution in [1.29, 1.82) is 0 Å². The summed E-state index contributed by atoms with van der Waals surface area (Å²) in [5.74, 6) is -0.255. The van der Waals surface area contributed by atoms with Gasteiger partial charge in [-0.1, -0.05) is 24.3 Å². The smallest absolute Gasteiger partial charge is 0.265 e. The van der Waals surface area contributed by atoms with Gasteiger partial charge in [-0.05, 0) is 29.5 Å². The number of benzene rings is 1. The molecule has 1 aromatic heterocycles. The Morgan fingerprint density at radius 3 is 2.48 bits per heavy atom. The van der Waals surface area contributed by atoms with Gasteiger partial charge in [0.1, 0.15) is 9.77 Å². The number of sulfonamides is 1. The molecule has 2 N–H and O–H groups in total. The monoisotopic (exact) mass is 379 g/mol. The first-order valence-corrected chi connectivity index (χ1v) is 10.5. The van der Waals surface area contributed by atoms with E-state index >= 15 is 0 Å². The first-order valence-electron chi connectivity index (χ1n) is 8.02. The molecule has 1 fully saturated rings. The number of rotatable bonds is 4. The Hall–Kier alpha value is -1.74. The van der Waals surface area contributed by atoms with Gasteiger partial charge in [0.25, 0.3) is 5.91 Å². The summed E-state index contributed by atoms with van der Waals surface area (Å²) in [6.45, 7) is 5.63. The fourth-order valence-electron chi connectivity index (χ4n) is 2.96. The number of carbonyl (C=O) groups excluding carboxylic acids is 1. The molecule has 1 saturated heterocycles. The molecular weight excluding hydrogens is 358 g/mol. The molecule has 0 bridgehead atoms. The molecule has 3 rings (SSSR count). The number of hydrogen-bond acceptors (Lipinski definition) is 5. The molecule has 1 aromatic carbocycles. The molecule has 1 amide bonds. The van der Waals surface area contributed by atoms with Gasteiger partial charge in [-0.15, -0.1) is 11.3 Å². The Balaban J connectivity index is 1.64. The third kappa shape index (κ3) is 4.09. The lowest BCUT2D eigenvalue weighted by atomic mass is 10.1. The second kappa shape index (κ2) is 7.25. The van der Waals surface area contributed by atoms with E-state index < -0.39 is 10.0 Å². The normalized spacial score (nSPS) is 16.2. The Morgan fingerprint density at radius 2 is 1.84 bits per heavy atom. The van der Waals surface area contributed by atoms with Gasteiger partial charge in [-0.25, -0.2) is 13.6 Å². The summed E-state index contributed by atoms with van der Waals surface area (Å²) < 4.78 is 23.2. The average molecular weight is 380 g/mol. The summed E-state index contributed by atoms with van der Waals surface area (Å²) in [6.07, 6.45) is 0. The van der Waals surface area contributed by atoms with E-state index in [4.69, 9.17) is 5.14 Å². The van der Waals surface area contributed by atoms with Crippen molar-refractivity contribution in [2.45, 2.75) is 18.4 Å². The zero-order valence-electron chi connectivity index (χ0n) is 14.0. The van der Waals surface area contributed by atoms with Crippen LogP contribution in [-0.4, -0.2) is 50.3 Å². The zero-order valence-corrected chi connectivity index (χ0v) is 15.6. The molecule has 0 unspecified atom stereocenters. The van der Waals surface area contributed by atoms with E-state index in [1.807, 2.05) is 12.1 Å². The molecule has 2 aromatic rings. The fraction of sp³-hybridized carbons (Fsp3) is 0.353. The van der Waals surface area contributed by atoms with Crippen molar-refractivity contribution in [2.24, 2.45) is 5.14 Å². The summed E-state index contributed by atoms with van der Waals surface area (Å²) >= 11 is 1.12. The molecule has 0 aliphatic carbocycles. The zero-order chi connectivity index (χ0) is 18.0. The Labute approximate surface area is 151 Å². The molecule has 25 heavy (non-hydrogen) atoms. The average Bonchev–Trinajstić information content (AvgIpc) is 3.07. The molecule has 8 heteroatoms. The highest BCUT2D eigenvalue weighted by atomic mass is 32.2. The lowest BCUT2D eigenvalue weighted by Gasteiger charge is -2.35. The molecule has 6 nitrogen and oxygen atoms in total. The number of carbonyl (C=O) groups is 1. The topological polar surface area (TPSA) is 83.7 Å². The highest BCUT2D eigenvalue weighted by Crippen LogP contribution is 2.23. The Kier molecular flexibility index (Phi) is 5.24. The summed E-state index contributed by atoms with van der Waals surface area (Å²) in [7, 11) is -3.88.